The van der Waals surface area contributed by atoms with Crippen molar-refractivity contribution in [3.05, 3.63) is 18.2 Å². The highest BCUT2D eigenvalue weighted by molar-refractivity contribution is 5.08. The van der Waals surface area contributed by atoms with Crippen molar-refractivity contribution >= 4 is 0 Å². The second-order valence-corrected chi connectivity index (χ2v) is 6.26. The Morgan fingerprint density at radius 1 is 1.47 bits per heavy atom. The number of likely N-dealkylation sites (N-methyl/N-ethyl adjacent to an activating group) is 1. The quantitative estimate of drug-likeness (QED) is 0.879. The van der Waals surface area contributed by atoms with Crippen molar-refractivity contribution in [1.82, 2.24) is 19.8 Å². The number of rotatable bonds is 5. The van der Waals surface area contributed by atoms with Crippen LogP contribution in [0.1, 0.15) is 44.2 Å². The van der Waals surface area contributed by atoms with E-state index in [4.69, 9.17) is 0 Å². The molecule has 0 spiro atoms. The van der Waals surface area contributed by atoms with Gasteiger partial charge in [0.05, 0.1) is 6.33 Å². The molecule has 3 rings (SSSR count). The van der Waals surface area contributed by atoms with Crippen LogP contribution < -0.4 is 5.32 Å². The summed E-state index contributed by atoms with van der Waals surface area (Å²) in [5, 5.41) is 3.50. The molecule has 2 atom stereocenters. The fourth-order valence-electron chi connectivity index (χ4n) is 3.18. The summed E-state index contributed by atoms with van der Waals surface area (Å²) in [5.74, 6) is 0.648. The van der Waals surface area contributed by atoms with E-state index in [1.54, 1.807) is 0 Å². The molecule has 0 aromatic carbocycles. The Morgan fingerprint density at radius 3 is 3.00 bits per heavy atom. The molecule has 1 aliphatic carbocycles. The SMILES string of the molecule is CC(Cn1cncc1C1CCCNC1)N(C)C1CC1. The fraction of sp³-hybridized carbons (Fsp3) is 0.800. The van der Waals surface area contributed by atoms with Crippen LogP contribution in [0.25, 0.3) is 0 Å². The molecule has 19 heavy (non-hydrogen) atoms. The molecule has 0 bridgehead atoms. The lowest BCUT2D eigenvalue weighted by Crippen LogP contribution is -2.35. The minimum absolute atomic E-state index is 0.594. The van der Waals surface area contributed by atoms with Crippen molar-refractivity contribution in [3.8, 4) is 0 Å². The third kappa shape index (κ3) is 3.00. The Bertz CT molecular complexity index is 404. The van der Waals surface area contributed by atoms with Gasteiger partial charge in [0, 0.05) is 43.0 Å². The van der Waals surface area contributed by atoms with Crippen LogP contribution in [0.2, 0.25) is 0 Å². The van der Waals surface area contributed by atoms with Gasteiger partial charge >= 0.3 is 0 Å². The van der Waals surface area contributed by atoms with E-state index in [1.807, 2.05) is 6.33 Å². The Hall–Kier alpha value is -0.870. The Balaban J connectivity index is 1.65. The van der Waals surface area contributed by atoms with Gasteiger partial charge in [-0.15, -0.1) is 0 Å². The summed E-state index contributed by atoms with van der Waals surface area (Å²) < 4.78 is 2.38. The van der Waals surface area contributed by atoms with Gasteiger partial charge in [-0.2, -0.15) is 0 Å². The normalized spacial score (nSPS) is 25.7. The van der Waals surface area contributed by atoms with Crippen LogP contribution in [0.4, 0.5) is 0 Å². The Kier molecular flexibility index (Phi) is 3.89. The fourth-order valence-corrected chi connectivity index (χ4v) is 3.18. The zero-order valence-corrected chi connectivity index (χ0v) is 12.2. The molecule has 0 amide bonds. The molecule has 2 unspecified atom stereocenters. The second kappa shape index (κ2) is 5.63. The van der Waals surface area contributed by atoms with Crippen LogP contribution in [0, 0.1) is 0 Å². The van der Waals surface area contributed by atoms with Gasteiger partial charge in [-0.1, -0.05) is 0 Å². The molecule has 1 N–H and O–H groups in total. The largest absolute Gasteiger partial charge is 0.333 e. The first-order chi connectivity index (χ1) is 9.25. The van der Waals surface area contributed by atoms with Crippen molar-refractivity contribution < 1.29 is 0 Å². The summed E-state index contributed by atoms with van der Waals surface area (Å²) in [4.78, 5) is 6.92. The van der Waals surface area contributed by atoms with Crippen LogP contribution in [0.5, 0.6) is 0 Å². The monoisotopic (exact) mass is 262 g/mol. The Morgan fingerprint density at radius 2 is 2.32 bits per heavy atom. The van der Waals surface area contributed by atoms with Gasteiger partial charge in [-0.05, 0) is 46.2 Å². The molecule has 1 saturated carbocycles. The summed E-state index contributed by atoms with van der Waals surface area (Å²) in [6.07, 6.45) is 9.43. The van der Waals surface area contributed by atoms with Crippen molar-refractivity contribution in [3.63, 3.8) is 0 Å². The predicted molar refractivity (Wildman–Crippen MR) is 77.3 cm³/mol. The number of imidazole rings is 1. The van der Waals surface area contributed by atoms with E-state index in [0.29, 0.717) is 12.0 Å². The summed E-state index contributed by atoms with van der Waals surface area (Å²) >= 11 is 0. The van der Waals surface area contributed by atoms with Crippen LogP contribution in [0.3, 0.4) is 0 Å². The molecule has 4 heteroatoms. The van der Waals surface area contributed by atoms with Gasteiger partial charge < -0.3 is 9.88 Å². The Labute approximate surface area is 116 Å². The first-order valence-electron chi connectivity index (χ1n) is 7.68. The van der Waals surface area contributed by atoms with Crippen molar-refractivity contribution in [1.29, 1.82) is 0 Å². The molecule has 1 aliphatic heterocycles. The maximum absolute atomic E-state index is 4.39. The van der Waals surface area contributed by atoms with Gasteiger partial charge in [0.1, 0.15) is 0 Å². The minimum atomic E-state index is 0.594. The molecular weight excluding hydrogens is 236 g/mol. The molecule has 4 nitrogen and oxygen atoms in total. The lowest BCUT2D eigenvalue weighted by Gasteiger charge is -2.28. The van der Waals surface area contributed by atoms with Gasteiger partial charge in [0.15, 0.2) is 0 Å². The number of nitrogens with one attached hydrogen (secondary N) is 1. The molecule has 2 fully saturated rings. The van der Waals surface area contributed by atoms with Gasteiger partial charge in [-0.3, -0.25) is 4.90 Å². The number of aromatic nitrogens is 2. The third-order valence-electron chi connectivity index (χ3n) is 4.74. The van der Waals surface area contributed by atoms with E-state index in [2.05, 4.69) is 39.9 Å². The lowest BCUT2D eigenvalue weighted by molar-refractivity contribution is 0.223. The number of piperidine rings is 1. The molecule has 106 valence electrons. The van der Waals surface area contributed by atoms with Crippen LogP contribution in [-0.4, -0.2) is 46.7 Å². The van der Waals surface area contributed by atoms with Crippen molar-refractivity contribution in [2.75, 3.05) is 20.1 Å². The molecular formula is C15H26N4. The first kappa shape index (κ1) is 13.1. The average molecular weight is 262 g/mol. The number of nitrogens with zero attached hydrogens (tertiary/aromatic N) is 3. The average Bonchev–Trinajstić information content (AvgIpc) is 3.19. The number of hydrogen-bond acceptors (Lipinski definition) is 3. The smallest absolute Gasteiger partial charge is 0.0948 e. The van der Waals surface area contributed by atoms with E-state index in [1.165, 1.54) is 37.9 Å². The summed E-state index contributed by atoms with van der Waals surface area (Å²) in [5.41, 5.74) is 1.42. The highest BCUT2D eigenvalue weighted by Gasteiger charge is 2.29. The van der Waals surface area contributed by atoms with Gasteiger partial charge in [-0.25, -0.2) is 4.98 Å². The molecule has 2 aliphatic rings. The van der Waals surface area contributed by atoms with Crippen LogP contribution in [-0.2, 0) is 6.54 Å². The lowest BCUT2D eigenvalue weighted by atomic mass is 9.96. The van der Waals surface area contributed by atoms with Crippen molar-refractivity contribution in [2.45, 2.75) is 57.2 Å². The molecule has 0 radical (unpaired) electrons. The predicted octanol–water partition coefficient (Wildman–Crippen LogP) is 1.83. The van der Waals surface area contributed by atoms with Gasteiger partial charge in [0.2, 0.25) is 0 Å². The maximum atomic E-state index is 4.39. The number of hydrogen-bond donors (Lipinski definition) is 1. The molecule has 1 saturated heterocycles. The topological polar surface area (TPSA) is 33.1 Å². The molecule has 1 aromatic rings. The molecule has 2 heterocycles. The van der Waals surface area contributed by atoms with E-state index in [9.17, 15) is 0 Å². The summed E-state index contributed by atoms with van der Waals surface area (Å²) in [6, 6.07) is 1.43. The molecule has 1 aromatic heterocycles. The van der Waals surface area contributed by atoms with E-state index >= 15 is 0 Å². The standard InChI is InChI=1S/C15H26N4/c1-12(18(2)14-5-6-14)10-19-11-17-9-15(19)13-4-3-7-16-8-13/h9,11-14,16H,3-8,10H2,1-2H3. The zero-order chi connectivity index (χ0) is 13.2. The van der Waals surface area contributed by atoms with E-state index < -0.39 is 0 Å². The third-order valence-corrected chi connectivity index (χ3v) is 4.74. The van der Waals surface area contributed by atoms with Crippen LogP contribution in [0.15, 0.2) is 12.5 Å². The maximum Gasteiger partial charge on any atom is 0.0948 e. The second-order valence-electron chi connectivity index (χ2n) is 6.26. The van der Waals surface area contributed by atoms with Crippen molar-refractivity contribution in [2.24, 2.45) is 0 Å². The van der Waals surface area contributed by atoms with E-state index in [-0.39, 0.29) is 0 Å². The van der Waals surface area contributed by atoms with E-state index in [0.717, 1.165) is 19.1 Å². The first-order valence-corrected chi connectivity index (χ1v) is 7.68. The minimum Gasteiger partial charge on any atom is -0.333 e. The zero-order valence-electron chi connectivity index (χ0n) is 12.2. The van der Waals surface area contributed by atoms with Crippen LogP contribution >= 0.6 is 0 Å². The highest BCUT2D eigenvalue weighted by Crippen LogP contribution is 2.28. The van der Waals surface area contributed by atoms with Gasteiger partial charge in [0.25, 0.3) is 0 Å². The summed E-state index contributed by atoms with van der Waals surface area (Å²) in [7, 11) is 2.26. The summed E-state index contributed by atoms with van der Waals surface area (Å²) in [6.45, 7) is 5.68. The highest BCUT2D eigenvalue weighted by atomic mass is 15.2.